The van der Waals surface area contributed by atoms with Crippen molar-refractivity contribution in [2.75, 3.05) is 52.9 Å². The summed E-state index contributed by atoms with van der Waals surface area (Å²) in [5.74, 6) is 1.86. The molecular formula is C22H35IN6OS. The Balaban J connectivity index is 0.00000272. The lowest BCUT2D eigenvalue weighted by molar-refractivity contribution is 0.138. The maximum atomic E-state index is 4.95. The summed E-state index contributed by atoms with van der Waals surface area (Å²) in [6.07, 6.45) is 4.23. The van der Waals surface area contributed by atoms with Gasteiger partial charge in [0.25, 0.3) is 0 Å². The third kappa shape index (κ3) is 6.66. The van der Waals surface area contributed by atoms with Crippen molar-refractivity contribution in [1.82, 2.24) is 25.2 Å². The van der Waals surface area contributed by atoms with Gasteiger partial charge in [-0.25, -0.2) is 0 Å². The van der Waals surface area contributed by atoms with E-state index in [0.29, 0.717) is 6.04 Å². The summed E-state index contributed by atoms with van der Waals surface area (Å²) < 4.78 is 4.95. The molecule has 2 aliphatic heterocycles. The highest BCUT2D eigenvalue weighted by atomic mass is 127. The molecule has 4 rings (SSSR count). The van der Waals surface area contributed by atoms with Gasteiger partial charge in [-0.1, -0.05) is 18.1 Å². The minimum absolute atomic E-state index is 0. The number of rotatable bonds is 6. The van der Waals surface area contributed by atoms with Gasteiger partial charge < -0.3 is 14.7 Å². The Labute approximate surface area is 206 Å². The molecule has 2 aromatic rings. The van der Waals surface area contributed by atoms with Crippen LogP contribution in [-0.2, 0) is 6.54 Å². The first-order valence-electron chi connectivity index (χ1n) is 11.1. The second-order valence-corrected chi connectivity index (χ2v) is 9.41. The molecule has 1 atom stereocenters. The van der Waals surface area contributed by atoms with Crippen molar-refractivity contribution in [1.29, 1.82) is 0 Å². The van der Waals surface area contributed by atoms with Gasteiger partial charge in [-0.05, 0) is 43.3 Å². The Kier molecular flexibility index (Phi) is 9.61. The van der Waals surface area contributed by atoms with Crippen molar-refractivity contribution < 1.29 is 4.52 Å². The van der Waals surface area contributed by atoms with Crippen LogP contribution >= 0.6 is 35.3 Å². The Morgan fingerprint density at radius 2 is 2.00 bits per heavy atom. The summed E-state index contributed by atoms with van der Waals surface area (Å²) >= 11 is 1.87. The van der Waals surface area contributed by atoms with Crippen LogP contribution in [0.5, 0.6) is 0 Å². The van der Waals surface area contributed by atoms with Crippen LogP contribution in [0.1, 0.15) is 36.4 Å². The van der Waals surface area contributed by atoms with Crippen LogP contribution < -0.4 is 5.32 Å². The summed E-state index contributed by atoms with van der Waals surface area (Å²) in [6, 6.07) is 6.81. The first kappa shape index (κ1) is 24.5. The molecule has 2 aromatic heterocycles. The van der Waals surface area contributed by atoms with Crippen molar-refractivity contribution in [3.05, 3.63) is 40.4 Å². The number of guanidine groups is 1. The number of hydrogen-bond donors (Lipinski definition) is 1. The zero-order chi connectivity index (χ0) is 20.8. The van der Waals surface area contributed by atoms with Gasteiger partial charge in [0, 0.05) is 57.3 Å². The van der Waals surface area contributed by atoms with Gasteiger partial charge in [0.2, 0.25) is 0 Å². The zero-order valence-electron chi connectivity index (χ0n) is 18.6. The van der Waals surface area contributed by atoms with Crippen LogP contribution in [0.2, 0.25) is 0 Å². The highest BCUT2D eigenvalue weighted by Gasteiger charge is 2.27. The summed E-state index contributed by atoms with van der Waals surface area (Å²) in [6.45, 7) is 10.5. The average molecular weight is 559 g/mol. The molecule has 2 saturated heterocycles. The standard InChI is InChI=1S/C22H34N6OS.HI/c1-18-5-8-27(9-6-18)20(21-4-3-15-30-21)16-24-22(23-2)28-12-10-26(11-13-28)17-19-7-14-29-25-19;/h3-4,7,14-15,18,20H,5-6,8-13,16-17H2,1-2H3,(H,23,24);1H. The number of aromatic nitrogens is 1. The van der Waals surface area contributed by atoms with Crippen LogP contribution in [0.4, 0.5) is 0 Å². The first-order chi connectivity index (χ1) is 14.7. The largest absolute Gasteiger partial charge is 0.364 e. The van der Waals surface area contributed by atoms with E-state index in [1.165, 1.54) is 30.8 Å². The van der Waals surface area contributed by atoms with E-state index in [-0.39, 0.29) is 24.0 Å². The lowest BCUT2D eigenvalue weighted by Gasteiger charge is -2.39. The molecule has 1 N–H and O–H groups in total. The van der Waals surface area contributed by atoms with Gasteiger partial charge in [-0.15, -0.1) is 35.3 Å². The fourth-order valence-electron chi connectivity index (χ4n) is 4.42. The Bertz CT molecular complexity index is 768. The average Bonchev–Trinajstić information content (AvgIpc) is 3.48. The van der Waals surface area contributed by atoms with E-state index in [4.69, 9.17) is 4.52 Å². The lowest BCUT2D eigenvalue weighted by atomic mass is 9.97. The molecule has 0 bridgehead atoms. The number of halogens is 1. The van der Waals surface area contributed by atoms with E-state index in [0.717, 1.165) is 56.8 Å². The minimum Gasteiger partial charge on any atom is -0.364 e. The third-order valence-corrected chi connectivity index (χ3v) is 7.32. The second-order valence-electron chi connectivity index (χ2n) is 8.43. The molecule has 0 aliphatic carbocycles. The molecule has 0 spiro atoms. The molecule has 31 heavy (non-hydrogen) atoms. The fraction of sp³-hybridized carbons (Fsp3) is 0.636. The Morgan fingerprint density at radius 3 is 2.61 bits per heavy atom. The van der Waals surface area contributed by atoms with Gasteiger partial charge >= 0.3 is 0 Å². The highest BCUT2D eigenvalue weighted by Crippen LogP contribution is 2.29. The molecule has 0 radical (unpaired) electrons. The van der Waals surface area contributed by atoms with E-state index in [9.17, 15) is 0 Å². The van der Waals surface area contributed by atoms with E-state index >= 15 is 0 Å². The summed E-state index contributed by atoms with van der Waals surface area (Å²) in [4.78, 5) is 13.5. The summed E-state index contributed by atoms with van der Waals surface area (Å²) in [5.41, 5.74) is 1.00. The molecule has 172 valence electrons. The smallest absolute Gasteiger partial charge is 0.193 e. The van der Waals surface area contributed by atoms with E-state index in [2.05, 4.69) is 54.6 Å². The number of nitrogens with one attached hydrogen (secondary N) is 1. The zero-order valence-corrected chi connectivity index (χ0v) is 21.7. The molecule has 0 amide bonds. The number of likely N-dealkylation sites (tertiary alicyclic amines) is 1. The number of piperazine rings is 1. The van der Waals surface area contributed by atoms with Crippen LogP contribution in [0.3, 0.4) is 0 Å². The van der Waals surface area contributed by atoms with Crippen LogP contribution in [0.15, 0.2) is 39.4 Å². The first-order valence-corrected chi connectivity index (χ1v) is 12.0. The molecule has 9 heteroatoms. The topological polar surface area (TPSA) is 60.1 Å². The van der Waals surface area contributed by atoms with Gasteiger partial charge in [0.1, 0.15) is 6.26 Å². The minimum atomic E-state index is 0. The van der Waals surface area contributed by atoms with Gasteiger partial charge in [-0.3, -0.25) is 14.8 Å². The predicted molar refractivity (Wildman–Crippen MR) is 137 cm³/mol. The van der Waals surface area contributed by atoms with Crippen molar-refractivity contribution in [2.45, 2.75) is 32.4 Å². The highest BCUT2D eigenvalue weighted by molar-refractivity contribution is 14.0. The molecule has 0 saturated carbocycles. The summed E-state index contributed by atoms with van der Waals surface area (Å²) in [5, 5.41) is 9.92. The van der Waals surface area contributed by atoms with Crippen molar-refractivity contribution in [3.63, 3.8) is 0 Å². The molecule has 0 aromatic carbocycles. The number of piperidine rings is 1. The molecular weight excluding hydrogens is 523 g/mol. The van der Waals surface area contributed by atoms with Crippen LogP contribution in [-0.4, -0.2) is 78.7 Å². The number of thiophene rings is 1. The normalized spacial score (nSPS) is 20.5. The molecule has 7 nitrogen and oxygen atoms in total. The maximum Gasteiger partial charge on any atom is 0.193 e. The summed E-state index contributed by atoms with van der Waals surface area (Å²) in [7, 11) is 1.90. The van der Waals surface area contributed by atoms with Crippen LogP contribution in [0, 0.1) is 5.92 Å². The molecule has 2 aliphatic rings. The molecule has 2 fully saturated rings. The van der Waals surface area contributed by atoms with Crippen molar-refractivity contribution in [2.24, 2.45) is 10.9 Å². The Morgan fingerprint density at radius 1 is 1.23 bits per heavy atom. The lowest BCUT2D eigenvalue weighted by Crippen LogP contribution is -2.53. The van der Waals surface area contributed by atoms with Crippen LogP contribution in [0.25, 0.3) is 0 Å². The molecule has 1 unspecified atom stereocenters. The van der Waals surface area contributed by atoms with Gasteiger partial charge in [-0.2, -0.15) is 0 Å². The van der Waals surface area contributed by atoms with Gasteiger partial charge in [0.05, 0.1) is 11.7 Å². The van der Waals surface area contributed by atoms with Crippen molar-refractivity contribution in [3.8, 4) is 0 Å². The SMILES string of the molecule is CN=C(NCC(c1cccs1)N1CCC(C)CC1)N1CCN(Cc2ccon2)CC1.I. The number of aliphatic imine (C=N–C) groups is 1. The maximum absolute atomic E-state index is 4.95. The Hall–Kier alpha value is -1.17. The second kappa shape index (κ2) is 12.2. The van der Waals surface area contributed by atoms with E-state index in [1.807, 2.05) is 24.5 Å². The van der Waals surface area contributed by atoms with Gasteiger partial charge in [0.15, 0.2) is 5.96 Å². The predicted octanol–water partition coefficient (Wildman–Crippen LogP) is 3.52. The quantitative estimate of drug-likeness (QED) is 0.333. The number of hydrogen-bond acceptors (Lipinski definition) is 6. The van der Waals surface area contributed by atoms with Crippen molar-refractivity contribution >= 4 is 41.3 Å². The van der Waals surface area contributed by atoms with E-state index < -0.39 is 0 Å². The number of nitrogens with zero attached hydrogens (tertiary/aromatic N) is 5. The third-order valence-electron chi connectivity index (χ3n) is 6.34. The molecule has 4 heterocycles. The fourth-order valence-corrected chi connectivity index (χ4v) is 5.28. The van der Waals surface area contributed by atoms with E-state index in [1.54, 1.807) is 6.26 Å². The monoisotopic (exact) mass is 558 g/mol.